The van der Waals surface area contributed by atoms with Gasteiger partial charge in [-0.1, -0.05) is 12.1 Å². The number of hydrogen-bond acceptors (Lipinski definition) is 3. The number of carbonyl (C=O) groups is 1. The van der Waals surface area contributed by atoms with E-state index in [2.05, 4.69) is 31.2 Å². The van der Waals surface area contributed by atoms with Gasteiger partial charge in [-0.15, -0.1) is 0 Å². The second kappa shape index (κ2) is 6.19. The topological polar surface area (TPSA) is 54.9 Å². The first-order valence-corrected chi connectivity index (χ1v) is 6.15. The van der Waals surface area contributed by atoms with E-state index in [1.165, 1.54) is 30.6 Å². The van der Waals surface area contributed by atoms with Crippen molar-refractivity contribution in [2.75, 3.05) is 5.32 Å². The fourth-order valence-corrected chi connectivity index (χ4v) is 1.50. The summed E-state index contributed by atoms with van der Waals surface area (Å²) in [5.41, 5.74) is 0.735. The Labute approximate surface area is 117 Å². The molecule has 1 aromatic carbocycles. The lowest BCUT2D eigenvalue weighted by atomic mass is 10.2. The Bertz CT molecular complexity index is 596. The van der Waals surface area contributed by atoms with Gasteiger partial charge in [-0.2, -0.15) is 0 Å². The fraction of sp³-hybridized carbons (Fsp3) is 0. The van der Waals surface area contributed by atoms with Gasteiger partial charge in [-0.3, -0.25) is 4.79 Å². The minimum absolute atomic E-state index is 0.313. The van der Waals surface area contributed by atoms with Gasteiger partial charge in [-0.05, 0) is 39.7 Å². The molecule has 4 nitrogen and oxygen atoms in total. The van der Waals surface area contributed by atoms with Crippen LogP contribution in [0.2, 0.25) is 0 Å². The summed E-state index contributed by atoms with van der Waals surface area (Å²) in [6, 6.07) is 5.83. The summed E-state index contributed by atoms with van der Waals surface area (Å²) in [5.74, 6) is -0.287. The highest BCUT2D eigenvalue weighted by Gasteiger charge is 1.99. The molecule has 2 aromatic rings. The van der Waals surface area contributed by atoms with Crippen molar-refractivity contribution in [2.24, 2.45) is 0 Å². The van der Waals surface area contributed by atoms with Gasteiger partial charge in [0.25, 0.3) is 0 Å². The van der Waals surface area contributed by atoms with Crippen LogP contribution in [0.3, 0.4) is 0 Å². The molecule has 0 radical (unpaired) electrons. The van der Waals surface area contributed by atoms with E-state index in [4.69, 9.17) is 0 Å². The van der Waals surface area contributed by atoms with E-state index < -0.39 is 0 Å². The first-order chi connectivity index (χ1) is 9.13. The molecular weight excluding hydrogens is 313 g/mol. The molecule has 1 heterocycles. The summed E-state index contributed by atoms with van der Waals surface area (Å²) in [5, 5.41) is 2.56. The Balaban J connectivity index is 1.97. The molecule has 6 heteroatoms. The van der Waals surface area contributed by atoms with Crippen molar-refractivity contribution in [2.45, 2.75) is 0 Å². The van der Waals surface area contributed by atoms with Gasteiger partial charge in [0.05, 0.1) is 12.4 Å². The quantitative estimate of drug-likeness (QED) is 0.884. The van der Waals surface area contributed by atoms with E-state index in [9.17, 15) is 9.18 Å². The maximum absolute atomic E-state index is 12.7. The lowest BCUT2D eigenvalue weighted by Gasteiger charge is -1.99. The van der Waals surface area contributed by atoms with Gasteiger partial charge in [0.15, 0.2) is 5.82 Å². The summed E-state index contributed by atoms with van der Waals surface area (Å²) in [6.45, 7) is 0. The van der Waals surface area contributed by atoms with Crippen molar-refractivity contribution in [1.29, 1.82) is 0 Å². The van der Waals surface area contributed by atoms with Crippen LogP contribution < -0.4 is 5.32 Å². The molecule has 19 heavy (non-hydrogen) atoms. The molecule has 1 N–H and O–H groups in total. The number of amides is 1. The first kappa shape index (κ1) is 13.4. The number of aromatic nitrogens is 2. The molecule has 0 atom stereocenters. The van der Waals surface area contributed by atoms with E-state index in [-0.39, 0.29) is 11.7 Å². The second-order valence-electron chi connectivity index (χ2n) is 3.60. The second-order valence-corrected chi connectivity index (χ2v) is 4.41. The molecule has 1 amide bonds. The molecule has 0 unspecified atom stereocenters. The lowest BCUT2D eigenvalue weighted by Crippen LogP contribution is -2.09. The van der Waals surface area contributed by atoms with Crippen LogP contribution in [0.5, 0.6) is 0 Å². The zero-order chi connectivity index (χ0) is 13.7. The predicted molar refractivity (Wildman–Crippen MR) is 73.8 cm³/mol. The summed E-state index contributed by atoms with van der Waals surface area (Å²) in [4.78, 5) is 19.5. The third kappa shape index (κ3) is 4.26. The van der Waals surface area contributed by atoms with E-state index in [0.717, 1.165) is 5.56 Å². The first-order valence-electron chi connectivity index (χ1n) is 5.36. The van der Waals surface area contributed by atoms with Crippen molar-refractivity contribution >= 4 is 33.7 Å². The number of nitrogens with one attached hydrogen (secondary N) is 1. The monoisotopic (exact) mass is 321 g/mol. The average Bonchev–Trinajstić information content (AvgIpc) is 2.41. The molecule has 0 aliphatic rings. The van der Waals surface area contributed by atoms with Crippen LogP contribution in [-0.2, 0) is 4.79 Å². The number of hydrogen-bond donors (Lipinski definition) is 1. The Hall–Kier alpha value is -2.08. The van der Waals surface area contributed by atoms with Crippen molar-refractivity contribution < 1.29 is 9.18 Å². The molecule has 2 rings (SSSR count). The third-order valence-corrected chi connectivity index (χ3v) is 2.58. The Morgan fingerprint density at radius 1 is 1.21 bits per heavy atom. The lowest BCUT2D eigenvalue weighted by molar-refractivity contribution is -0.111. The Kier molecular flexibility index (Phi) is 4.35. The highest BCUT2D eigenvalue weighted by molar-refractivity contribution is 9.10. The number of carbonyl (C=O) groups excluding carboxylic acids is 1. The van der Waals surface area contributed by atoms with Gasteiger partial charge >= 0.3 is 0 Å². The molecular formula is C13H9BrFN3O. The van der Waals surface area contributed by atoms with Gasteiger partial charge in [0, 0.05) is 6.08 Å². The Morgan fingerprint density at radius 2 is 1.95 bits per heavy atom. The van der Waals surface area contributed by atoms with E-state index in [0.29, 0.717) is 10.4 Å². The van der Waals surface area contributed by atoms with Crippen molar-refractivity contribution in [3.63, 3.8) is 0 Å². The Morgan fingerprint density at radius 3 is 2.58 bits per heavy atom. The van der Waals surface area contributed by atoms with Crippen LogP contribution in [0.1, 0.15) is 5.56 Å². The maximum Gasteiger partial charge on any atom is 0.249 e. The molecule has 0 bridgehead atoms. The van der Waals surface area contributed by atoms with Crippen LogP contribution in [0.25, 0.3) is 6.08 Å². The smallest absolute Gasteiger partial charge is 0.249 e. The zero-order valence-electron chi connectivity index (χ0n) is 9.68. The molecule has 0 saturated heterocycles. The predicted octanol–water partition coefficient (Wildman–Crippen LogP) is 3.03. The molecule has 0 fully saturated rings. The van der Waals surface area contributed by atoms with Gasteiger partial charge in [0.1, 0.15) is 10.4 Å². The summed E-state index contributed by atoms with van der Waals surface area (Å²) < 4.78 is 13.3. The average molecular weight is 322 g/mol. The van der Waals surface area contributed by atoms with Crippen molar-refractivity contribution in [1.82, 2.24) is 9.97 Å². The summed E-state index contributed by atoms with van der Waals surface area (Å²) in [6.07, 6.45) is 5.85. The van der Waals surface area contributed by atoms with Crippen LogP contribution >= 0.6 is 15.9 Å². The maximum atomic E-state index is 12.7. The van der Waals surface area contributed by atoms with Gasteiger partial charge < -0.3 is 5.32 Å². The van der Waals surface area contributed by atoms with E-state index in [1.807, 2.05) is 0 Å². The minimum atomic E-state index is -0.332. The number of benzene rings is 1. The summed E-state index contributed by atoms with van der Waals surface area (Å²) >= 11 is 3.15. The third-order valence-electron chi connectivity index (χ3n) is 2.17. The molecule has 0 aliphatic carbocycles. The fourth-order valence-electron chi connectivity index (χ4n) is 1.29. The standard InChI is InChI=1S/C13H9BrFN3O/c14-11-7-17-12(8-16-11)18-13(19)6-3-9-1-4-10(15)5-2-9/h1-8H,(H,17,18,19). The highest BCUT2D eigenvalue weighted by Crippen LogP contribution is 2.07. The SMILES string of the molecule is O=C(C=Cc1ccc(F)cc1)Nc1cnc(Br)cn1. The van der Waals surface area contributed by atoms with E-state index in [1.54, 1.807) is 18.2 Å². The van der Waals surface area contributed by atoms with Crippen molar-refractivity contribution in [3.05, 3.63) is 58.7 Å². The molecule has 0 aliphatic heterocycles. The minimum Gasteiger partial charge on any atom is -0.306 e. The number of halogens is 2. The number of rotatable bonds is 3. The van der Waals surface area contributed by atoms with Crippen LogP contribution in [-0.4, -0.2) is 15.9 Å². The zero-order valence-corrected chi connectivity index (χ0v) is 11.3. The van der Waals surface area contributed by atoms with Crippen molar-refractivity contribution in [3.8, 4) is 0 Å². The molecule has 0 spiro atoms. The van der Waals surface area contributed by atoms with Crippen LogP contribution in [0.4, 0.5) is 10.2 Å². The molecule has 0 saturated carbocycles. The van der Waals surface area contributed by atoms with Gasteiger partial charge in [-0.25, -0.2) is 14.4 Å². The van der Waals surface area contributed by atoms with E-state index >= 15 is 0 Å². The summed E-state index contributed by atoms with van der Waals surface area (Å²) in [7, 11) is 0. The molecule has 96 valence electrons. The van der Waals surface area contributed by atoms with Crippen LogP contribution in [0.15, 0.2) is 47.3 Å². The molecule has 1 aromatic heterocycles. The largest absolute Gasteiger partial charge is 0.306 e. The number of nitrogens with zero attached hydrogens (tertiary/aromatic N) is 2. The number of anilines is 1. The van der Waals surface area contributed by atoms with Gasteiger partial charge in [0.2, 0.25) is 5.91 Å². The van der Waals surface area contributed by atoms with Crippen LogP contribution in [0, 0.1) is 5.82 Å². The normalized spacial score (nSPS) is 10.6. The highest BCUT2D eigenvalue weighted by atomic mass is 79.9.